The third-order valence-corrected chi connectivity index (χ3v) is 7.39. The number of aryl methyl sites for hydroxylation is 1. The van der Waals surface area contributed by atoms with E-state index in [1.54, 1.807) is 31.2 Å². The van der Waals surface area contributed by atoms with Crippen LogP contribution in [0.4, 0.5) is 5.69 Å². The summed E-state index contributed by atoms with van der Waals surface area (Å²) in [6.45, 7) is 3.51. The summed E-state index contributed by atoms with van der Waals surface area (Å²) in [5, 5.41) is 3.10. The molecule has 0 aliphatic carbocycles. The fourth-order valence-electron chi connectivity index (χ4n) is 3.89. The van der Waals surface area contributed by atoms with E-state index in [1.807, 2.05) is 61.5 Å². The Balaban J connectivity index is 1.66. The first kappa shape index (κ1) is 21.9. The van der Waals surface area contributed by atoms with Crippen LogP contribution in [0, 0.1) is 6.92 Å². The summed E-state index contributed by atoms with van der Waals surface area (Å²) in [6, 6.07) is 24.1. The van der Waals surface area contributed by atoms with Crippen LogP contribution in [0.25, 0.3) is 0 Å². The molecule has 0 saturated carbocycles. The van der Waals surface area contributed by atoms with Gasteiger partial charge in [0.1, 0.15) is 5.75 Å². The molecule has 0 saturated heterocycles. The number of nitrogens with one attached hydrogen (secondary N) is 1. The Labute approximate surface area is 188 Å². The number of ether oxygens (including phenoxy) is 1. The normalized spacial score (nSPS) is 16.6. The summed E-state index contributed by atoms with van der Waals surface area (Å²) in [5.74, 6) is -0.0538. The molecule has 4 rings (SSSR count). The largest absolute Gasteiger partial charge is 0.476 e. The number of carbonyl (C=O) groups is 1. The van der Waals surface area contributed by atoms with Crippen LogP contribution in [0.1, 0.15) is 29.7 Å². The summed E-state index contributed by atoms with van der Waals surface area (Å²) >= 11 is 0. The Morgan fingerprint density at radius 1 is 1.03 bits per heavy atom. The summed E-state index contributed by atoms with van der Waals surface area (Å²) in [6.07, 6.45) is -0.971. The molecule has 0 unspecified atom stereocenters. The van der Waals surface area contributed by atoms with Crippen LogP contribution < -0.4 is 14.4 Å². The van der Waals surface area contributed by atoms with Crippen LogP contribution in [0.3, 0.4) is 0 Å². The van der Waals surface area contributed by atoms with Gasteiger partial charge in [-0.15, -0.1) is 0 Å². The minimum Gasteiger partial charge on any atom is -0.476 e. The fraction of sp³-hybridized carbons (Fsp3) is 0.240. The molecule has 0 spiro atoms. The van der Waals surface area contributed by atoms with Crippen molar-refractivity contribution < 1.29 is 17.9 Å². The SMILES string of the molecule is CCS(=O)(=O)N1C[C@H](C(=O)N[C@H](c2ccccc2)c2ccccc2C)Oc2ccccc21. The van der Waals surface area contributed by atoms with E-state index in [1.165, 1.54) is 4.31 Å². The topological polar surface area (TPSA) is 75.7 Å². The molecule has 6 nitrogen and oxygen atoms in total. The Morgan fingerprint density at radius 3 is 2.41 bits per heavy atom. The van der Waals surface area contributed by atoms with Gasteiger partial charge in [-0.2, -0.15) is 0 Å². The van der Waals surface area contributed by atoms with Crippen LogP contribution in [0.5, 0.6) is 5.75 Å². The minimum absolute atomic E-state index is 0.0640. The number of carbonyl (C=O) groups excluding carboxylic acids is 1. The van der Waals surface area contributed by atoms with Gasteiger partial charge in [-0.25, -0.2) is 8.42 Å². The molecule has 0 aromatic heterocycles. The zero-order valence-corrected chi connectivity index (χ0v) is 18.9. The van der Waals surface area contributed by atoms with Crippen LogP contribution in [0.2, 0.25) is 0 Å². The van der Waals surface area contributed by atoms with E-state index in [-0.39, 0.29) is 24.2 Å². The third-order valence-electron chi connectivity index (χ3n) is 5.65. The van der Waals surface area contributed by atoms with E-state index in [0.717, 1.165) is 16.7 Å². The third kappa shape index (κ3) is 4.34. The van der Waals surface area contributed by atoms with Crippen LogP contribution in [-0.2, 0) is 14.8 Å². The number of hydrogen-bond acceptors (Lipinski definition) is 4. The van der Waals surface area contributed by atoms with E-state index in [9.17, 15) is 13.2 Å². The van der Waals surface area contributed by atoms with Crippen LogP contribution >= 0.6 is 0 Å². The molecule has 0 radical (unpaired) electrons. The molecular formula is C25H26N2O4S. The first-order valence-electron chi connectivity index (χ1n) is 10.6. The first-order valence-corrected chi connectivity index (χ1v) is 12.2. The minimum atomic E-state index is -3.57. The van der Waals surface area contributed by atoms with Crippen LogP contribution in [-0.4, -0.2) is 32.7 Å². The number of amides is 1. The summed E-state index contributed by atoms with van der Waals surface area (Å²) in [4.78, 5) is 13.4. The average Bonchev–Trinajstić information content (AvgIpc) is 2.82. The molecule has 1 aliphatic rings. The van der Waals surface area contributed by atoms with E-state index < -0.39 is 16.1 Å². The van der Waals surface area contributed by atoms with E-state index in [4.69, 9.17) is 4.74 Å². The van der Waals surface area contributed by atoms with Crippen molar-refractivity contribution in [1.82, 2.24) is 5.32 Å². The maximum absolute atomic E-state index is 13.4. The molecule has 3 aromatic carbocycles. The molecule has 32 heavy (non-hydrogen) atoms. The maximum Gasteiger partial charge on any atom is 0.263 e. The van der Waals surface area contributed by atoms with Crippen molar-refractivity contribution in [3.63, 3.8) is 0 Å². The lowest BCUT2D eigenvalue weighted by atomic mass is 9.94. The molecule has 1 amide bonds. The van der Waals surface area contributed by atoms with Crippen molar-refractivity contribution in [3.8, 4) is 5.75 Å². The highest BCUT2D eigenvalue weighted by atomic mass is 32.2. The predicted octanol–water partition coefficient (Wildman–Crippen LogP) is 3.82. The summed E-state index contributed by atoms with van der Waals surface area (Å²) in [7, 11) is -3.57. The van der Waals surface area contributed by atoms with Crippen LogP contribution in [0.15, 0.2) is 78.9 Å². The molecule has 166 valence electrons. The van der Waals surface area contributed by atoms with Crippen molar-refractivity contribution in [2.45, 2.75) is 26.0 Å². The second kappa shape index (κ2) is 9.04. The zero-order chi connectivity index (χ0) is 22.7. The van der Waals surface area contributed by atoms with E-state index in [2.05, 4.69) is 5.32 Å². The second-order valence-corrected chi connectivity index (χ2v) is 9.90. The van der Waals surface area contributed by atoms with Gasteiger partial charge in [0.05, 0.1) is 24.0 Å². The molecule has 1 N–H and O–H groups in total. The van der Waals surface area contributed by atoms with Crippen molar-refractivity contribution in [2.75, 3.05) is 16.6 Å². The predicted molar refractivity (Wildman–Crippen MR) is 125 cm³/mol. The second-order valence-electron chi connectivity index (χ2n) is 7.71. The lowest BCUT2D eigenvalue weighted by molar-refractivity contribution is -0.128. The number of anilines is 1. The van der Waals surface area contributed by atoms with Gasteiger partial charge in [-0.1, -0.05) is 66.7 Å². The maximum atomic E-state index is 13.4. The number of fused-ring (bicyclic) bond motifs is 1. The number of sulfonamides is 1. The Bertz CT molecular complexity index is 1210. The van der Waals surface area contributed by atoms with Gasteiger partial charge in [-0.3, -0.25) is 9.10 Å². The van der Waals surface area contributed by atoms with Crippen molar-refractivity contribution in [1.29, 1.82) is 0 Å². The monoisotopic (exact) mass is 450 g/mol. The molecule has 0 bridgehead atoms. The first-order chi connectivity index (χ1) is 15.4. The summed E-state index contributed by atoms with van der Waals surface area (Å²) < 4.78 is 32.7. The zero-order valence-electron chi connectivity index (χ0n) is 18.1. The number of para-hydroxylation sites is 2. The number of hydrogen-bond donors (Lipinski definition) is 1. The smallest absolute Gasteiger partial charge is 0.263 e. The molecule has 3 aromatic rings. The van der Waals surface area contributed by atoms with Gasteiger partial charge in [-0.05, 0) is 42.7 Å². The van der Waals surface area contributed by atoms with Crippen molar-refractivity contribution in [3.05, 3.63) is 95.6 Å². The van der Waals surface area contributed by atoms with E-state index >= 15 is 0 Å². The molecule has 2 atom stereocenters. The fourth-order valence-corrected chi connectivity index (χ4v) is 5.01. The number of benzene rings is 3. The Kier molecular flexibility index (Phi) is 6.19. The van der Waals surface area contributed by atoms with Gasteiger partial charge in [0.15, 0.2) is 6.10 Å². The standard InChI is InChI=1S/C25H26N2O4S/c1-3-32(29,30)27-17-23(31-22-16-10-9-15-21(22)27)25(28)26-24(19-12-5-4-6-13-19)20-14-8-7-11-18(20)2/h4-16,23-24H,3,17H2,1-2H3,(H,26,28)/t23-,24-/m1/s1. The quantitative estimate of drug-likeness (QED) is 0.620. The molecule has 0 fully saturated rings. The van der Waals surface area contributed by atoms with Gasteiger partial charge >= 0.3 is 0 Å². The highest BCUT2D eigenvalue weighted by Gasteiger charge is 2.36. The molecule has 1 aliphatic heterocycles. The van der Waals surface area contributed by atoms with Crippen molar-refractivity contribution in [2.24, 2.45) is 0 Å². The molecular weight excluding hydrogens is 424 g/mol. The summed E-state index contributed by atoms with van der Waals surface area (Å²) in [5.41, 5.74) is 3.41. The van der Waals surface area contributed by atoms with Gasteiger partial charge in [0, 0.05) is 0 Å². The van der Waals surface area contributed by atoms with Gasteiger partial charge in [0.2, 0.25) is 10.0 Å². The molecule has 1 heterocycles. The number of nitrogens with zero attached hydrogens (tertiary/aromatic N) is 1. The molecule has 7 heteroatoms. The van der Waals surface area contributed by atoms with E-state index in [0.29, 0.717) is 11.4 Å². The Morgan fingerprint density at radius 2 is 1.69 bits per heavy atom. The van der Waals surface area contributed by atoms with Gasteiger partial charge in [0.25, 0.3) is 5.91 Å². The highest BCUT2D eigenvalue weighted by molar-refractivity contribution is 7.92. The van der Waals surface area contributed by atoms with Gasteiger partial charge < -0.3 is 10.1 Å². The number of rotatable bonds is 6. The lowest BCUT2D eigenvalue weighted by Crippen LogP contribution is -2.51. The Hall–Kier alpha value is -3.32. The average molecular weight is 451 g/mol. The lowest BCUT2D eigenvalue weighted by Gasteiger charge is -2.35. The highest BCUT2D eigenvalue weighted by Crippen LogP contribution is 2.35. The van der Waals surface area contributed by atoms with Crippen molar-refractivity contribution >= 4 is 21.6 Å².